The topological polar surface area (TPSA) is 55.1 Å². The minimum Gasteiger partial charge on any atom is -0.381 e. The van der Waals surface area contributed by atoms with Gasteiger partial charge in [0.05, 0.1) is 0 Å². The standard InChI is InChI=1S/C14H12F2N2O/c15-11-4-1-10(13(16)7-11)8-18-12-5-2-9(3-6-12)14(17)19/h1-7,18H,8H2,(H2,17,19). The molecule has 2 aromatic rings. The number of rotatable bonds is 4. The van der Waals surface area contributed by atoms with E-state index in [1.807, 2.05) is 0 Å². The van der Waals surface area contributed by atoms with Gasteiger partial charge in [-0.15, -0.1) is 0 Å². The third-order valence-electron chi connectivity index (χ3n) is 2.67. The Morgan fingerprint density at radius 3 is 2.37 bits per heavy atom. The molecule has 5 heteroatoms. The molecule has 0 aliphatic heterocycles. The predicted molar refractivity (Wildman–Crippen MR) is 68.6 cm³/mol. The van der Waals surface area contributed by atoms with Crippen molar-refractivity contribution in [3.05, 3.63) is 65.2 Å². The predicted octanol–water partition coefficient (Wildman–Crippen LogP) is 2.68. The molecule has 0 aliphatic rings. The summed E-state index contributed by atoms with van der Waals surface area (Å²) in [6.45, 7) is 0.224. The number of amides is 1. The highest BCUT2D eigenvalue weighted by molar-refractivity contribution is 5.93. The second kappa shape index (κ2) is 5.48. The van der Waals surface area contributed by atoms with Crippen molar-refractivity contribution in [1.82, 2.24) is 0 Å². The van der Waals surface area contributed by atoms with Gasteiger partial charge in [0.25, 0.3) is 0 Å². The summed E-state index contributed by atoms with van der Waals surface area (Å²) in [6.07, 6.45) is 0. The molecule has 3 N–H and O–H groups in total. The van der Waals surface area contributed by atoms with E-state index in [9.17, 15) is 13.6 Å². The summed E-state index contributed by atoms with van der Waals surface area (Å²) in [5, 5.41) is 2.97. The van der Waals surface area contributed by atoms with Gasteiger partial charge in [-0.05, 0) is 30.3 Å². The van der Waals surface area contributed by atoms with Crippen molar-refractivity contribution in [2.75, 3.05) is 5.32 Å². The van der Waals surface area contributed by atoms with E-state index in [0.717, 1.165) is 6.07 Å². The fourth-order valence-electron chi connectivity index (χ4n) is 1.61. The monoisotopic (exact) mass is 262 g/mol. The Hall–Kier alpha value is -2.43. The maximum Gasteiger partial charge on any atom is 0.248 e. The summed E-state index contributed by atoms with van der Waals surface area (Å²) in [6, 6.07) is 9.92. The highest BCUT2D eigenvalue weighted by Crippen LogP contribution is 2.14. The molecule has 0 spiro atoms. The van der Waals surface area contributed by atoms with Crippen molar-refractivity contribution in [2.24, 2.45) is 5.73 Å². The van der Waals surface area contributed by atoms with Gasteiger partial charge >= 0.3 is 0 Å². The van der Waals surface area contributed by atoms with E-state index in [4.69, 9.17) is 5.73 Å². The van der Waals surface area contributed by atoms with Crippen molar-refractivity contribution >= 4 is 11.6 Å². The molecule has 0 saturated heterocycles. The van der Waals surface area contributed by atoms with Crippen molar-refractivity contribution in [3.8, 4) is 0 Å². The number of nitrogens with two attached hydrogens (primary N) is 1. The minimum absolute atomic E-state index is 0.224. The number of primary amides is 1. The summed E-state index contributed by atoms with van der Waals surface area (Å²) < 4.78 is 26.1. The zero-order chi connectivity index (χ0) is 13.8. The quantitative estimate of drug-likeness (QED) is 0.890. The Bertz CT molecular complexity index is 597. The molecule has 1 amide bonds. The second-order valence-corrected chi connectivity index (χ2v) is 4.03. The average molecular weight is 262 g/mol. The van der Waals surface area contributed by atoms with Gasteiger partial charge in [0.1, 0.15) is 11.6 Å². The van der Waals surface area contributed by atoms with Crippen LogP contribution in [0.15, 0.2) is 42.5 Å². The van der Waals surface area contributed by atoms with Crippen LogP contribution >= 0.6 is 0 Å². The molecule has 0 atom stereocenters. The lowest BCUT2D eigenvalue weighted by Crippen LogP contribution is -2.10. The van der Waals surface area contributed by atoms with Crippen LogP contribution in [0.3, 0.4) is 0 Å². The molecule has 2 rings (SSSR count). The molecule has 0 saturated carbocycles. The van der Waals surface area contributed by atoms with Crippen LogP contribution < -0.4 is 11.1 Å². The summed E-state index contributed by atoms with van der Waals surface area (Å²) in [7, 11) is 0. The average Bonchev–Trinajstić information content (AvgIpc) is 2.38. The molecule has 0 bridgehead atoms. The zero-order valence-electron chi connectivity index (χ0n) is 9.99. The first-order chi connectivity index (χ1) is 9.06. The molecular weight excluding hydrogens is 250 g/mol. The Morgan fingerprint density at radius 2 is 1.79 bits per heavy atom. The van der Waals surface area contributed by atoms with Crippen LogP contribution in [0.5, 0.6) is 0 Å². The van der Waals surface area contributed by atoms with Crippen LogP contribution in [-0.4, -0.2) is 5.91 Å². The van der Waals surface area contributed by atoms with Gasteiger partial charge < -0.3 is 11.1 Å². The summed E-state index contributed by atoms with van der Waals surface area (Å²) in [5.41, 5.74) is 6.60. The van der Waals surface area contributed by atoms with Crippen LogP contribution in [0.25, 0.3) is 0 Å². The fourth-order valence-corrected chi connectivity index (χ4v) is 1.61. The van der Waals surface area contributed by atoms with Crippen molar-refractivity contribution in [3.63, 3.8) is 0 Å². The molecule has 0 radical (unpaired) electrons. The van der Waals surface area contributed by atoms with Crippen molar-refractivity contribution < 1.29 is 13.6 Å². The van der Waals surface area contributed by atoms with E-state index in [1.54, 1.807) is 24.3 Å². The van der Waals surface area contributed by atoms with E-state index in [1.165, 1.54) is 12.1 Å². The molecule has 2 aromatic carbocycles. The largest absolute Gasteiger partial charge is 0.381 e. The van der Waals surface area contributed by atoms with Gasteiger partial charge in [-0.3, -0.25) is 4.79 Å². The third kappa shape index (κ3) is 3.28. The van der Waals surface area contributed by atoms with E-state index in [-0.39, 0.29) is 6.54 Å². The molecule has 19 heavy (non-hydrogen) atoms. The maximum atomic E-state index is 13.4. The molecule has 0 unspecified atom stereocenters. The molecule has 0 aromatic heterocycles. The highest BCUT2D eigenvalue weighted by Gasteiger charge is 2.04. The highest BCUT2D eigenvalue weighted by atomic mass is 19.1. The Kier molecular flexibility index (Phi) is 3.75. The van der Waals surface area contributed by atoms with Gasteiger partial charge in [0.15, 0.2) is 0 Å². The van der Waals surface area contributed by atoms with Crippen LogP contribution in [0.1, 0.15) is 15.9 Å². The van der Waals surface area contributed by atoms with E-state index >= 15 is 0 Å². The first kappa shape index (κ1) is 13.0. The first-order valence-electron chi connectivity index (χ1n) is 5.64. The maximum absolute atomic E-state index is 13.4. The first-order valence-corrected chi connectivity index (χ1v) is 5.64. The number of halogens is 2. The van der Waals surface area contributed by atoms with Gasteiger partial charge in [-0.25, -0.2) is 8.78 Å². The lowest BCUT2D eigenvalue weighted by atomic mass is 10.1. The molecule has 98 valence electrons. The third-order valence-corrected chi connectivity index (χ3v) is 2.67. The van der Waals surface area contributed by atoms with E-state index < -0.39 is 17.5 Å². The number of hydrogen-bond acceptors (Lipinski definition) is 2. The van der Waals surface area contributed by atoms with Crippen LogP contribution in [-0.2, 0) is 6.54 Å². The summed E-state index contributed by atoms with van der Waals surface area (Å²) in [4.78, 5) is 10.9. The van der Waals surface area contributed by atoms with Gasteiger partial charge in [-0.2, -0.15) is 0 Å². The van der Waals surface area contributed by atoms with Gasteiger partial charge in [-0.1, -0.05) is 6.07 Å². The number of carbonyl (C=O) groups excluding carboxylic acids is 1. The molecule has 0 aliphatic carbocycles. The Morgan fingerprint density at radius 1 is 1.11 bits per heavy atom. The van der Waals surface area contributed by atoms with Crippen molar-refractivity contribution in [1.29, 1.82) is 0 Å². The van der Waals surface area contributed by atoms with Gasteiger partial charge in [0, 0.05) is 29.4 Å². The van der Waals surface area contributed by atoms with E-state index in [0.29, 0.717) is 16.8 Å². The lowest BCUT2D eigenvalue weighted by Gasteiger charge is -2.08. The number of anilines is 1. The van der Waals surface area contributed by atoms with Crippen LogP contribution in [0.4, 0.5) is 14.5 Å². The molecule has 3 nitrogen and oxygen atoms in total. The Balaban J connectivity index is 2.04. The molecule has 0 heterocycles. The Labute approximate surface area is 109 Å². The SMILES string of the molecule is NC(=O)c1ccc(NCc2ccc(F)cc2F)cc1. The van der Waals surface area contributed by atoms with E-state index in [2.05, 4.69) is 5.32 Å². The van der Waals surface area contributed by atoms with Crippen LogP contribution in [0.2, 0.25) is 0 Å². The number of carbonyl (C=O) groups is 1. The molecule has 0 fully saturated rings. The molecular formula is C14H12F2N2O. The van der Waals surface area contributed by atoms with Crippen molar-refractivity contribution in [2.45, 2.75) is 6.54 Å². The smallest absolute Gasteiger partial charge is 0.248 e. The van der Waals surface area contributed by atoms with Crippen LogP contribution in [0, 0.1) is 11.6 Å². The summed E-state index contributed by atoms with van der Waals surface area (Å²) in [5.74, 6) is -1.70. The summed E-state index contributed by atoms with van der Waals surface area (Å²) >= 11 is 0. The number of nitrogens with one attached hydrogen (secondary N) is 1. The van der Waals surface area contributed by atoms with Gasteiger partial charge in [0.2, 0.25) is 5.91 Å². The number of hydrogen-bond donors (Lipinski definition) is 2. The fraction of sp³-hybridized carbons (Fsp3) is 0.0714. The number of benzene rings is 2. The zero-order valence-corrected chi connectivity index (χ0v) is 9.99. The second-order valence-electron chi connectivity index (χ2n) is 4.03. The normalized spacial score (nSPS) is 10.2. The minimum atomic E-state index is -0.605. The lowest BCUT2D eigenvalue weighted by molar-refractivity contribution is 0.100.